The maximum Gasteiger partial charge on any atom is 0.416 e. The van der Waals surface area contributed by atoms with Crippen LogP contribution in [0.15, 0.2) is 42.5 Å². The van der Waals surface area contributed by atoms with E-state index in [-0.39, 0.29) is 48.8 Å². The average molecular weight is 413 g/mol. The van der Waals surface area contributed by atoms with Gasteiger partial charge in [-0.3, -0.25) is 9.59 Å². The van der Waals surface area contributed by atoms with Gasteiger partial charge in [0.15, 0.2) is 5.78 Å². The van der Waals surface area contributed by atoms with E-state index in [4.69, 9.17) is 9.47 Å². The van der Waals surface area contributed by atoms with Crippen LogP contribution in [0.4, 0.5) is 23.2 Å². The molecule has 0 aliphatic heterocycles. The van der Waals surface area contributed by atoms with Gasteiger partial charge in [-0.2, -0.15) is 13.2 Å². The van der Waals surface area contributed by atoms with Crippen LogP contribution in [0, 0.1) is 5.82 Å². The van der Waals surface area contributed by atoms with Gasteiger partial charge in [0.1, 0.15) is 18.2 Å². The smallest absolute Gasteiger partial charge is 0.416 e. The molecule has 9 heteroatoms. The molecular formula is C20H19F4NO4. The average Bonchev–Trinajstić information content (AvgIpc) is 2.67. The Balaban J connectivity index is 2.06. The lowest BCUT2D eigenvalue weighted by atomic mass is 10.1. The van der Waals surface area contributed by atoms with Crippen molar-refractivity contribution in [3.63, 3.8) is 0 Å². The Morgan fingerprint density at radius 2 is 1.69 bits per heavy atom. The number of halogens is 4. The molecular weight excluding hydrogens is 394 g/mol. The fraction of sp³-hybridized carbons (Fsp3) is 0.300. The highest BCUT2D eigenvalue weighted by atomic mass is 19.4. The second-order valence-electron chi connectivity index (χ2n) is 6.03. The van der Waals surface area contributed by atoms with E-state index in [9.17, 15) is 27.2 Å². The van der Waals surface area contributed by atoms with Gasteiger partial charge in [0.2, 0.25) is 5.91 Å². The molecule has 0 bridgehead atoms. The first-order chi connectivity index (χ1) is 13.7. The van der Waals surface area contributed by atoms with E-state index < -0.39 is 23.5 Å². The molecule has 0 unspecified atom stereocenters. The number of alkyl halides is 3. The van der Waals surface area contributed by atoms with Gasteiger partial charge in [0.25, 0.3) is 0 Å². The van der Waals surface area contributed by atoms with Gasteiger partial charge < -0.3 is 14.8 Å². The van der Waals surface area contributed by atoms with E-state index >= 15 is 0 Å². The van der Waals surface area contributed by atoms with Crippen LogP contribution in [0.3, 0.4) is 0 Å². The second kappa shape index (κ2) is 10.0. The molecule has 0 saturated heterocycles. The van der Waals surface area contributed by atoms with Gasteiger partial charge in [-0.1, -0.05) is 0 Å². The SMILES string of the molecule is COCCOc1ccc(C(F)(F)F)cc1NC(=O)CCC(=O)c1ccc(F)cc1. The van der Waals surface area contributed by atoms with Crippen LogP contribution in [-0.4, -0.2) is 32.0 Å². The maximum absolute atomic E-state index is 13.0. The predicted octanol–water partition coefficient (Wildman–Crippen LogP) is 4.47. The Hall–Kier alpha value is -2.94. The fourth-order valence-electron chi connectivity index (χ4n) is 2.38. The number of hydrogen-bond acceptors (Lipinski definition) is 4. The summed E-state index contributed by atoms with van der Waals surface area (Å²) in [6.45, 7) is 0.286. The van der Waals surface area contributed by atoms with Crippen molar-refractivity contribution in [2.45, 2.75) is 19.0 Å². The number of hydrogen-bond donors (Lipinski definition) is 1. The molecule has 0 atom stereocenters. The summed E-state index contributed by atoms with van der Waals surface area (Å²) in [6, 6.07) is 7.56. The van der Waals surface area contributed by atoms with Crippen molar-refractivity contribution in [3.05, 3.63) is 59.4 Å². The van der Waals surface area contributed by atoms with Crippen molar-refractivity contribution in [2.24, 2.45) is 0 Å². The summed E-state index contributed by atoms with van der Waals surface area (Å²) < 4.78 is 62.0. The second-order valence-corrected chi connectivity index (χ2v) is 6.03. The number of nitrogens with one attached hydrogen (secondary N) is 1. The third-order valence-electron chi connectivity index (χ3n) is 3.87. The number of carbonyl (C=O) groups is 2. The number of benzene rings is 2. The van der Waals surface area contributed by atoms with E-state index in [1.165, 1.54) is 19.2 Å². The number of rotatable bonds is 9. The highest BCUT2D eigenvalue weighted by molar-refractivity contribution is 6.00. The normalized spacial score (nSPS) is 11.2. The highest BCUT2D eigenvalue weighted by Crippen LogP contribution is 2.35. The predicted molar refractivity (Wildman–Crippen MR) is 97.4 cm³/mol. The van der Waals surface area contributed by atoms with Crippen LogP contribution in [0.2, 0.25) is 0 Å². The Morgan fingerprint density at radius 3 is 2.31 bits per heavy atom. The number of ketones is 1. The van der Waals surface area contributed by atoms with Crippen LogP contribution in [0.1, 0.15) is 28.8 Å². The molecule has 2 aromatic rings. The van der Waals surface area contributed by atoms with Crippen molar-refractivity contribution < 1.29 is 36.6 Å². The lowest BCUT2D eigenvalue weighted by molar-refractivity contribution is -0.137. The molecule has 0 aliphatic carbocycles. The first-order valence-corrected chi connectivity index (χ1v) is 8.62. The number of carbonyl (C=O) groups excluding carboxylic acids is 2. The van der Waals surface area contributed by atoms with Crippen LogP contribution in [0.25, 0.3) is 0 Å². The summed E-state index contributed by atoms with van der Waals surface area (Å²) in [5, 5.41) is 2.35. The molecule has 2 rings (SSSR count). The molecule has 0 fully saturated rings. The molecule has 0 saturated carbocycles. The summed E-state index contributed by atoms with van der Waals surface area (Å²) in [5.41, 5.74) is -0.869. The number of methoxy groups -OCH3 is 1. The third-order valence-corrected chi connectivity index (χ3v) is 3.87. The van der Waals surface area contributed by atoms with E-state index in [1.807, 2.05) is 0 Å². The minimum Gasteiger partial charge on any atom is -0.489 e. The van der Waals surface area contributed by atoms with Gasteiger partial charge in [-0.25, -0.2) is 4.39 Å². The van der Waals surface area contributed by atoms with Crippen LogP contribution >= 0.6 is 0 Å². The molecule has 0 aromatic heterocycles. The van der Waals surface area contributed by atoms with E-state index in [2.05, 4.69) is 5.32 Å². The van der Waals surface area contributed by atoms with Gasteiger partial charge in [0.05, 0.1) is 17.9 Å². The van der Waals surface area contributed by atoms with Gasteiger partial charge in [0, 0.05) is 25.5 Å². The molecule has 5 nitrogen and oxygen atoms in total. The number of Topliss-reactive ketones (excluding diaryl/α,β-unsaturated/α-hetero) is 1. The van der Waals surface area contributed by atoms with Crippen molar-refractivity contribution in [3.8, 4) is 5.75 Å². The van der Waals surface area contributed by atoms with Crippen molar-refractivity contribution >= 4 is 17.4 Å². The molecule has 0 aliphatic rings. The number of anilines is 1. The Kier molecular flexibility index (Phi) is 7.72. The molecule has 1 amide bonds. The molecule has 29 heavy (non-hydrogen) atoms. The molecule has 0 radical (unpaired) electrons. The standard InChI is InChI=1S/C20H19F4NO4/c1-28-10-11-29-18-8-4-14(20(22,23)24)12-16(18)25-19(27)9-7-17(26)13-2-5-15(21)6-3-13/h2-6,8,12H,7,9-11H2,1H3,(H,25,27). The number of amides is 1. The fourth-order valence-corrected chi connectivity index (χ4v) is 2.38. The Labute approximate surface area is 164 Å². The number of ether oxygens (including phenoxy) is 2. The largest absolute Gasteiger partial charge is 0.489 e. The Morgan fingerprint density at radius 1 is 1.00 bits per heavy atom. The van der Waals surface area contributed by atoms with Crippen molar-refractivity contribution in [1.29, 1.82) is 0 Å². The van der Waals surface area contributed by atoms with E-state index in [0.29, 0.717) is 0 Å². The Bertz CT molecular complexity index is 851. The zero-order valence-electron chi connectivity index (χ0n) is 15.5. The summed E-state index contributed by atoms with van der Waals surface area (Å²) in [5.74, 6) is -1.49. The highest BCUT2D eigenvalue weighted by Gasteiger charge is 2.31. The van der Waals surface area contributed by atoms with Crippen molar-refractivity contribution in [2.75, 3.05) is 25.6 Å². The molecule has 0 heterocycles. The lowest BCUT2D eigenvalue weighted by Crippen LogP contribution is -2.16. The van der Waals surface area contributed by atoms with E-state index in [1.54, 1.807) is 0 Å². The lowest BCUT2D eigenvalue weighted by Gasteiger charge is -2.15. The molecule has 156 valence electrons. The zero-order chi connectivity index (χ0) is 21.4. The van der Waals surface area contributed by atoms with Crippen LogP contribution in [-0.2, 0) is 15.7 Å². The van der Waals surface area contributed by atoms with Crippen LogP contribution < -0.4 is 10.1 Å². The van der Waals surface area contributed by atoms with E-state index in [0.717, 1.165) is 30.3 Å². The molecule has 2 aromatic carbocycles. The van der Waals surface area contributed by atoms with Gasteiger partial charge >= 0.3 is 6.18 Å². The van der Waals surface area contributed by atoms with Crippen LogP contribution in [0.5, 0.6) is 5.75 Å². The van der Waals surface area contributed by atoms with Gasteiger partial charge in [-0.05, 0) is 42.5 Å². The zero-order valence-corrected chi connectivity index (χ0v) is 15.5. The first kappa shape index (κ1) is 22.4. The minimum atomic E-state index is -4.59. The summed E-state index contributed by atoms with van der Waals surface area (Å²) in [7, 11) is 1.44. The van der Waals surface area contributed by atoms with Crippen molar-refractivity contribution in [1.82, 2.24) is 0 Å². The molecule has 0 spiro atoms. The summed E-state index contributed by atoms with van der Waals surface area (Å²) in [6.07, 6.45) is -5.04. The molecule has 1 N–H and O–H groups in total. The van der Waals surface area contributed by atoms with Gasteiger partial charge in [-0.15, -0.1) is 0 Å². The monoisotopic (exact) mass is 413 g/mol. The third kappa shape index (κ3) is 6.86. The summed E-state index contributed by atoms with van der Waals surface area (Å²) in [4.78, 5) is 24.2. The summed E-state index contributed by atoms with van der Waals surface area (Å²) >= 11 is 0. The minimum absolute atomic E-state index is 0.0493. The first-order valence-electron chi connectivity index (χ1n) is 8.62. The maximum atomic E-state index is 13.0. The quantitative estimate of drug-likeness (QED) is 0.374. The topological polar surface area (TPSA) is 64.6 Å².